The molecule has 1 N–H and O–H groups in total. The number of amides is 1. The molecule has 1 atom stereocenters. The van der Waals surface area contributed by atoms with Gasteiger partial charge in [-0.25, -0.2) is 0 Å². The van der Waals surface area contributed by atoms with E-state index in [0.29, 0.717) is 29.0 Å². The van der Waals surface area contributed by atoms with E-state index in [9.17, 15) is 4.79 Å². The third kappa shape index (κ3) is 3.95. The molecule has 0 saturated heterocycles. The van der Waals surface area contributed by atoms with E-state index in [1.807, 2.05) is 0 Å². The molecule has 0 aliphatic rings. The van der Waals surface area contributed by atoms with Crippen LogP contribution < -0.4 is 19.5 Å². The number of aromatic nitrogens is 2. The predicted octanol–water partition coefficient (Wildman–Crippen LogP) is 1.82. The topological polar surface area (TPSA) is 95.7 Å². The molecule has 0 saturated carbocycles. The Morgan fingerprint density at radius 1 is 1.21 bits per heavy atom. The standard InChI is InChI=1S/C16H21N3O5/c1-9(16-18-10(2)19-24-16)17-14(20)8-11-6-12(21-3)15(23-5)13(7-11)22-4/h6-7,9H,8H2,1-5H3,(H,17,20)/t9-/m0/s1. The minimum absolute atomic E-state index is 0.147. The Morgan fingerprint density at radius 3 is 2.29 bits per heavy atom. The third-order valence-electron chi connectivity index (χ3n) is 3.38. The van der Waals surface area contributed by atoms with Crippen molar-refractivity contribution in [3.8, 4) is 17.2 Å². The number of nitrogens with one attached hydrogen (secondary N) is 1. The van der Waals surface area contributed by atoms with Gasteiger partial charge in [-0.1, -0.05) is 5.16 Å². The Bertz CT molecular complexity index is 688. The zero-order chi connectivity index (χ0) is 17.7. The van der Waals surface area contributed by atoms with Crippen LogP contribution in [0.2, 0.25) is 0 Å². The number of rotatable bonds is 7. The summed E-state index contributed by atoms with van der Waals surface area (Å²) in [5.41, 5.74) is 0.732. The molecule has 0 unspecified atom stereocenters. The summed E-state index contributed by atoms with van der Waals surface area (Å²) in [4.78, 5) is 16.3. The molecule has 0 aliphatic heterocycles. The average molecular weight is 335 g/mol. The van der Waals surface area contributed by atoms with E-state index >= 15 is 0 Å². The van der Waals surface area contributed by atoms with Gasteiger partial charge in [0.25, 0.3) is 0 Å². The molecule has 1 aromatic carbocycles. The van der Waals surface area contributed by atoms with Crippen molar-refractivity contribution in [2.24, 2.45) is 0 Å². The summed E-state index contributed by atoms with van der Waals surface area (Å²) in [6.07, 6.45) is 0.147. The van der Waals surface area contributed by atoms with Crippen LogP contribution in [0.15, 0.2) is 16.7 Å². The molecule has 130 valence electrons. The highest BCUT2D eigenvalue weighted by atomic mass is 16.5. The molecular weight excluding hydrogens is 314 g/mol. The van der Waals surface area contributed by atoms with Crippen LogP contribution in [0.1, 0.15) is 30.2 Å². The SMILES string of the molecule is COc1cc(CC(=O)N[C@@H](C)c2nc(C)no2)cc(OC)c1OC. The lowest BCUT2D eigenvalue weighted by atomic mass is 10.1. The van der Waals surface area contributed by atoms with Crippen LogP contribution in [0.4, 0.5) is 0 Å². The minimum Gasteiger partial charge on any atom is -0.493 e. The molecule has 2 aromatic rings. The van der Waals surface area contributed by atoms with E-state index in [2.05, 4.69) is 15.5 Å². The lowest BCUT2D eigenvalue weighted by Gasteiger charge is -2.14. The zero-order valence-corrected chi connectivity index (χ0v) is 14.4. The van der Waals surface area contributed by atoms with E-state index in [-0.39, 0.29) is 18.4 Å². The first-order valence-electron chi connectivity index (χ1n) is 7.37. The molecule has 8 heteroatoms. The van der Waals surface area contributed by atoms with Crippen LogP contribution in [0.25, 0.3) is 0 Å². The number of carbonyl (C=O) groups excluding carboxylic acids is 1. The Labute approximate surface area is 140 Å². The summed E-state index contributed by atoms with van der Waals surface area (Å²) in [6, 6.07) is 3.10. The summed E-state index contributed by atoms with van der Waals surface area (Å²) >= 11 is 0. The monoisotopic (exact) mass is 335 g/mol. The molecule has 0 radical (unpaired) electrons. The van der Waals surface area contributed by atoms with Crippen molar-refractivity contribution in [2.45, 2.75) is 26.3 Å². The van der Waals surface area contributed by atoms with E-state index in [1.165, 1.54) is 21.3 Å². The maximum atomic E-state index is 12.2. The maximum absolute atomic E-state index is 12.2. The van der Waals surface area contributed by atoms with Gasteiger partial charge in [0.2, 0.25) is 17.5 Å². The summed E-state index contributed by atoms with van der Waals surface area (Å²) in [5, 5.41) is 6.52. The van der Waals surface area contributed by atoms with Gasteiger partial charge in [0, 0.05) is 0 Å². The van der Waals surface area contributed by atoms with Gasteiger partial charge in [0.15, 0.2) is 17.3 Å². The molecule has 0 spiro atoms. The van der Waals surface area contributed by atoms with Gasteiger partial charge in [-0.2, -0.15) is 4.98 Å². The summed E-state index contributed by atoms with van der Waals surface area (Å²) < 4.78 is 20.9. The molecule has 1 heterocycles. The highest BCUT2D eigenvalue weighted by Crippen LogP contribution is 2.38. The second-order valence-corrected chi connectivity index (χ2v) is 5.18. The fourth-order valence-corrected chi connectivity index (χ4v) is 2.27. The predicted molar refractivity (Wildman–Crippen MR) is 85.4 cm³/mol. The number of hydrogen-bond acceptors (Lipinski definition) is 7. The van der Waals surface area contributed by atoms with Gasteiger partial charge in [0.05, 0.1) is 27.8 Å². The minimum atomic E-state index is -0.374. The molecule has 1 amide bonds. The van der Waals surface area contributed by atoms with Gasteiger partial charge < -0.3 is 24.1 Å². The van der Waals surface area contributed by atoms with Crippen LogP contribution in [-0.4, -0.2) is 37.4 Å². The third-order valence-corrected chi connectivity index (χ3v) is 3.38. The molecule has 0 fully saturated rings. The normalized spacial score (nSPS) is 11.7. The Hall–Kier alpha value is -2.77. The number of methoxy groups -OCH3 is 3. The van der Waals surface area contributed by atoms with Gasteiger partial charge in [-0.05, 0) is 31.5 Å². The van der Waals surface area contributed by atoms with Gasteiger partial charge >= 0.3 is 0 Å². The Balaban J connectivity index is 2.11. The van der Waals surface area contributed by atoms with E-state index in [1.54, 1.807) is 26.0 Å². The molecule has 8 nitrogen and oxygen atoms in total. The highest BCUT2D eigenvalue weighted by molar-refractivity contribution is 5.79. The fraction of sp³-hybridized carbons (Fsp3) is 0.438. The van der Waals surface area contributed by atoms with Crippen molar-refractivity contribution < 1.29 is 23.5 Å². The van der Waals surface area contributed by atoms with Crippen molar-refractivity contribution >= 4 is 5.91 Å². The molecule has 0 aliphatic carbocycles. The summed E-state index contributed by atoms with van der Waals surface area (Å²) in [5.74, 6) is 2.19. The number of carbonyl (C=O) groups is 1. The molecule has 0 bridgehead atoms. The summed E-state index contributed by atoms with van der Waals surface area (Å²) in [7, 11) is 4.59. The number of hydrogen-bond donors (Lipinski definition) is 1. The van der Waals surface area contributed by atoms with Crippen molar-refractivity contribution in [1.82, 2.24) is 15.5 Å². The van der Waals surface area contributed by atoms with Gasteiger partial charge in [-0.15, -0.1) is 0 Å². The first kappa shape index (κ1) is 17.6. The Kier molecular flexibility index (Phi) is 5.62. The van der Waals surface area contributed by atoms with Crippen LogP contribution >= 0.6 is 0 Å². The molecule has 2 rings (SSSR count). The van der Waals surface area contributed by atoms with Gasteiger partial charge in [-0.3, -0.25) is 4.79 Å². The number of ether oxygens (including phenoxy) is 3. The molecular formula is C16H21N3O5. The van der Waals surface area contributed by atoms with E-state index < -0.39 is 0 Å². The first-order valence-corrected chi connectivity index (χ1v) is 7.37. The van der Waals surface area contributed by atoms with Gasteiger partial charge in [0.1, 0.15) is 6.04 Å². The number of benzene rings is 1. The van der Waals surface area contributed by atoms with Crippen LogP contribution in [-0.2, 0) is 11.2 Å². The number of nitrogens with zero attached hydrogens (tertiary/aromatic N) is 2. The molecule has 1 aromatic heterocycles. The van der Waals surface area contributed by atoms with Crippen molar-refractivity contribution in [2.75, 3.05) is 21.3 Å². The first-order chi connectivity index (χ1) is 11.5. The van der Waals surface area contributed by atoms with Crippen LogP contribution in [0.5, 0.6) is 17.2 Å². The maximum Gasteiger partial charge on any atom is 0.248 e. The number of aryl methyl sites for hydroxylation is 1. The molecule has 24 heavy (non-hydrogen) atoms. The van der Waals surface area contributed by atoms with Crippen molar-refractivity contribution in [3.63, 3.8) is 0 Å². The highest BCUT2D eigenvalue weighted by Gasteiger charge is 2.18. The van der Waals surface area contributed by atoms with Crippen molar-refractivity contribution in [1.29, 1.82) is 0 Å². The van der Waals surface area contributed by atoms with Crippen LogP contribution in [0, 0.1) is 6.92 Å². The zero-order valence-electron chi connectivity index (χ0n) is 14.4. The smallest absolute Gasteiger partial charge is 0.248 e. The second-order valence-electron chi connectivity index (χ2n) is 5.18. The fourth-order valence-electron chi connectivity index (χ4n) is 2.27. The largest absolute Gasteiger partial charge is 0.493 e. The second kappa shape index (κ2) is 7.67. The lowest BCUT2D eigenvalue weighted by molar-refractivity contribution is -0.121. The van der Waals surface area contributed by atoms with Crippen LogP contribution in [0.3, 0.4) is 0 Å². The van der Waals surface area contributed by atoms with E-state index in [0.717, 1.165) is 5.56 Å². The Morgan fingerprint density at radius 2 is 1.83 bits per heavy atom. The van der Waals surface area contributed by atoms with Crippen molar-refractivity contribution in [3.05, 3.63) is 29.4 Å². The quantitative estimate of drug-likeness (QED) is 0.824. The summed E-state index contributed by atoms with van der Waals surface area (Å²) in [6.45, 7) is 3.50. The lowest BCUT2D eigenvalue weighted by Crippen LogP contribution is -2.28. The van der Waals surface area contributed by atoms with E-state index in [4.69, 9.17) is 18.7 Å². The average Bonchev–Trinajstić information content (AvgIpc) is 3.00.